The van der Waals surface area contributed by atoms with E-state index in [9.17, 15) is 9.59 Å². The summed E-state index contributed by atoms with van der Waals surface area (Å²) in [4.78, 5) is 22.2. The molecule has 1 aromatic heterocycles. The molecule has 0 fully saturated rings. The number of nitrogens with zero attached hydrogens (tertiary/aromatic N) is 1. The highest BCUT2D eigenvalue weighted by Crippen LogP contribution is 2.15. The zero-order valence-corrected chi connectivity index (χ0v) is 7.92. The van der Waals surface area contributed by atoms with Gasteiger partial charge in [-0.25, -0.2) is 0 Å². The number of Topliss-reactive ketones (excluding diaryl/α,β-unsaturated/α-hetero) is 2. The van der Waals surface area contributed by atoms with Gasteiger partial charge >= 0.3 is 0 Å². The van der Waals surface area contributed by atoms with Crippen molar-refractivity contribution in [1.29, 1.82) is 0 Å². The van der Waals surface area contributed by atoms with Gasteiger partial charge in [0.25, 0.3) is 0 Å². The van der Waals surface area contributed by atoms with E-state index in [-0.39, 0.29) is 11.6 Å². The van der Waals surface area contributed by atoms with Crippen molar-refractivity contribution in [2.75, 3.05) is 5.84 Å². The topological polar surface area (TPSA) is 65.1 Å². The molecule has 4 heteroatoms. The first kappa shape index (κ1) is 9.51. The van der Waals surface area contributed by atoms with Crippen molar-refractivity contribution >= 4 is 11.6 Å². The van der Waals surface area contributed by atoms with Crippen molar-refractivity contribution in [1.82, 2.24) is 4.68 Å². The van der Waals surface area contributed by atoms with Crippen molar-refractivity contribution in [2.24, 2.45) is 0 Å². The van der Waals surface area contributed by atoms with Gasteiger partial charge in [0, 0.05) is 18.7 Å². The number of ketones is 2. The first-order valence-electron chi connectivity index (χ1n) is 3.94. The molecule has 0 spiro atoms. The largest absolute Gasteiger partial charge is 0.339 e. The minimum absolute atomic E-state index is 0.0794. The molecule has 2 N–H and O–H groups in total. The molecule has 0 aliphatic carbocycles. The number of rotatable bonds is 2. The smallest absolute Gasteiger partial charge is 0.178 e. The third kappa shape index (κ3) is 1.47. The van der Waals surface area contributed by atoms with E-state index < -0.39 is 0 Å². The summed E-state index contributed by atoms with van der Waals surface area (Å²) in [6.07, 6.45) is 1.48. The van der Waals surface area contributed by atoms with E-state index in [1.807, 2.05) is 0 Å². The Balaban J connectivity index is 3.39. The van der Waals surface area contributed by atoms with Crippen molar-refractivity contribution < 1.29 is 9.59 Å². The van der Waals surface area contributed by atoms with E-state index in [1.54, 1.807) is 6.92 Å². The zero-order valence-electron chi connectivity index (χ0n) is 7.92. The maximum atomic E-state index is 11.1. The summed E-state index contributed by atoms with van der Waals surface area (Å²) >= 11 is 0. The van der Waals surface area contributed by atoms with E-state index in [1.165, 1.54) is 24.7 Å². The lowest BCUT2D eigenvalue weighted by molar-refractivity contribution is 0.100. The number of hydrogen-bond acceptors (Lipinski definition) is 3. The average Bonchev–Trinajstić information content (AvgIpc) is 2.26. The van der Waals surface area contributed by atoms with Gasteiger partial charge in [-0.15, -0.1) is 0 Å². The van der Waals surface area contributed by atoms with E-state index in [2.05, 4.69) is 0 Å². The second-order valence-corrected chi connectivity index (χ2v) is 3.04. The lowest BCUT2D eigenvalue weighted by atomic mass is 10.1. The molecule has 13 heavy (non-hydrogen) atoms. The zero-order chi connectivity index (χ0) is 10.2. The maximum Gasteiger partial charge on any atom is 0.178 e. The summed E-state index contributed by atoms with van der Waals surface area (Å²) in [5, 5.41) is 0. The number of carbonyl (C=O) groups excluding carboxylic acids is 2. The third-order valence-electron chi connectivity index (χ3n) is 2.00. The summed E-state index contributed by atoms with van der Waals surface area (Å²) in [6.45, 7) is 4.60. The van der Waals surface area contributed by atoms with E-state index in [4.69, 9.17) is 5.84 Å². The van der Waals surface area contributed by atoms with Crippen LogP contribution in [0.2, 0.25) is 0 Å². The molecule has 0 amide bonds. The van der Waals surface area contributed by atoms with Gasteiger partial charge in [0.1, 0.15) is 5.69 Å². The lowest BCUT2D eigenvalue weighted by Gasteiger charge is -1.98. The van der Waals surface area contributed by atoms with E-state index in [0.29, 0.717) is 16.8 Å². The SMILES string of the molecule is CC(=O)c1cn(N)c(C(C)=O)c1C. The summed E-state index contributed by atoms with van der Waals surface area (Å²) in [6, 6.07) is 0. The molecule has 0 radical (unpaired) electrons. The predicted molar refractivity (Wildman–Crippen MR) is 49.3 cm³/mol. The Bertz CT molecular complexity index is 377. The van der Waals surface area contributed by atoms with Crippen LogP contribution in [-0.2, 0) is 0 Å². The van der Waals surface area contributed by atoms with Crippen LogP contribution in [0.3, 0.4) is 0 Å². The molecule has 0 bridgehead atoms. The molecule has 1 aromatic rings. The van der Waals surface area contributed by atoms with Crippen LogP contribution in [0.4, 0.5) is 0 Å². The number of hydrogen-bond donors (Lipinski definition) is 1. The van der Waals surface area contributed by atoms with Crippen molar-refractivity contribution in [2.45, 2.75) is 20.8 Å². The van der Waals surface area contributed by atoms with Gasteiger partial charge in [-0.05, 0) is 19.4 Å². The Morgan fingerprint density at radius 2 is 1.85 bits per heavy atom. The minimum atomic E-state index is -0.132. The van der Waals surface area contributed by atoms with Gasteiger partial charge < -0.3 is 5.84 Å². The number of aromatic nitrogens is 1. The van der Waals surface area contributed by atoms with Gasteiger partial charge in [0.15, 0.2) is 11.6 Å². The van der Waals surface area contributed by atoms with Crippen LogP contribution in [0.5, 0.6) is 0 Å². The fraction of sp³-hybridized carbons (Fsp3) is 0.333. The third-order valence-corrected chi connectivity index (χ3v) is 2.00. The van der Waals surface area contributed by atoms with Crippen LogP contribution in [0.1, 0.15) is 40.3 Å². The summed E-state index contributed by atoms with van der Waals surface area (Å²) in [5.41, 5.74) is 1.56. The summed E-state index contributed by atoms with van der Waals surface area (Å²) in [7, 11) is 0. The number of carbonyl (C=O) groups is 2. The molecular formula is C9H12N2O2. The van der Waals surface area contributed by atoms with Crippen LogP contribution in [0.25, 0.3) is 0 Å². The molecular weight excluding hydrogens is 168 g/mol. The highest BCUT2D eigenvalue weighted by molar-refractivity contribution is 6.01. The van der Waals surface area contributed by atoms with Gasteiger partial charge in [0.2, 0.25) is 0 Å². The molecule has 0 saturated carbocycles. The molecule has 1 heterocycles. The average molecular weight is 180 g/mol. The van der Waals surface area contributed by atoms with Crippen LogP contribution in [-0.4, -0.2) is 16.2 Å². The highest BCUT2D eigenvalue weighted by atomic mass is 16.1. The van der Waals surface area contributed by atoms with Crippen molar-refractivity contribution in [3.8, 4) is 0 Å². The first-order valence-corrected chi connectivity index (χ1v) is 3.94. The van der Waals surface area contributed by atoms with Gasteiger partial charge in [-0.3, -0.25) is 14.3 Å². The predicted octanol–water partition coefficient (Wildman–Crippen LogP) is 0.916. The van der Waals surface area contributed by atoms with Crippen LogP contribution in [0, 0.1) is 6.92 Å². The highest BCUT2D eigenvalue weighted by Gasteiger charge is 2.16. The van der Waals surface area contributed by atoms with E-state index >= 15 is 0 Å². The lowest BCUT2D eigenvalue weighted by Crippen LogP contribution is -2.14. The fourth-order valence-corrected chi connectivity index (χ4v) is 1.42. The minimum Gasteiger partial charge on any atom is -0.339 e. The maximum absolute atomic E-state index is 11.1. The second-order valence-electron chi connectivity index (χ2n) is 3.04. The quantitative estimate of drug-likeness (QED) is 0.543. The van der Waals surface area contributed by atoms with Crippen LogP contribution in [0.15, 0.2) is 6.20 Å². The van der Waals surface area contributed by atoms with Gasteiger partial charge in [0.05, 0.1) is 0 Å². The molecule has 4 nitrogen and oxygen atoms in total. The van der Waals surface area contributed by atoms with Gasteiger partial charge in [-0.1, -0.05) is 0 Å². The normalized spacial score (nSPS) is 10.1. The second kappa shape index (κ2) is 3.05. The monoisotopic (exact) mass is 180 g/mol. The fourth-order valence-electron chi connectivity index (χ4n) is 1.42. The van der Waals surface area contributed by atoms with Crippen LogP contribution >= 0.6 is 0 Å². The summed E-state index contributed by atoms with van der Waals surface area (Å²) < 4.78 is 1.20. The van der Waals surface area contributed by atoms with E-state index in [0.717, 1.165) is 0 Å². The molecule has 1 rings (SSSR count). The Morgan fingerprint density at radius 3 is 2.08 bits per heavy atom. The molecule has 0 aliphatic rings. The molecule has 0 unspecified atom stereocenters. The molecule has 70 valence electrons. The molecule has 0 atom stereocenters. The Kier molecular flexibility index (Phi) is 2.23. The Morgan fingerprint density at radius 1 is 1.31 bits per heavy atom. The molecule has 0 aromatic carbocycles. The first-order chi connectivity index (χ1) is 5.95. The van der Waals surface area contributed by atoms with Crippen LogP contribution < -0.4 is 5.84 Å². The standard InChI is InChI=1S/C9H12N2O2/c1-5-8(6(2)12)4-11(10)9(5)7(3)13/h4H,10H2,1-3H3. The summed E-state index contributed by atoms with van der Waals surface area (Å²) in [5.74, 6) is 5.31. The Hall–Kier alpha value is -1.58. The molecule has 0 aliphatic heterocycles. The number of nitrogen functional groups attached to an aromatic ring is 1. The molecule has 0 saturated heterocycles. The van der Waals surface area contributed by atoms with Crippen molar-refractivity contribution in [3.63, 3.8) is 0 Å². The van der Waals surface area contributed by atoms with Gasteiger partial charge in [-0.2, -0.15) is 0 Å². The van der Waals surface area contributed by atoms with Crippen molar-refractivity contribution in [3.05, 3.63) is 23.0 Å². The Labute approximate surface area is 76.3 Å². The number of nitrogens with two attached hydrogens (primary N) is 1.